The minimum Gasteiger partial charge on any atom is -0.497 e. The highest BCUT2D eigenvalue weighted by molar-refractivity contribution is 5.60. The first-order valence-corrected chi connectivity index (χ1v) is 6.98. The number of rotatable bonds is 7. The molecule has 2 aromatic rings. The van der Waals surface area contributed by atoms with E-state index in [0.717, 1.165) is 18.4 Å². The average molecular weight is 291 g/mol. The molecule has 114 valence electrons. The van der Waals surface area contributed by atoms with E-state index in [1.807, 2.05) is 12.1 Å². The van der Waals surface area contributed by atoms with Crippen molar-refractivity contribution in [2.24, 2.45) is 5.73 Å². The minimum atomic E-state index is 0.101. The molecule has 0 saturated heterocycles. The third-order valence-electron chi connectivity index (χ3n) is 3.32. The number of aromatic nitrogens is 2. The molecule has 6 nitrogen and oxygen atoms in total. The number of benzene rings is 1. The van der Waals surface area contributed by atoms with Crippen LogP contribution in [-0.2, 0) is 0 Å². The van der Waals surface area contributed by atoms with Crippen LogP contribution in [0.15, 0.2) is 22.7 Å². The van der Waals surface area contributed by atoms with E-state index < -0.39 is 0 Å². The van der Waals surface area contributed by atoms with Crippen molar-refractivity contribution in [1.82, 2.24) is 10.1 Å². The molecule has 0 bridgehead atoms. The van der Waals surface area contributed by atoms with E-state index in [2.05, 4.69) is 17.1 Å². The highest BCUT2D eigenvalue weighted by Gasteiger charge is 2.18. The molecule has 0 aliphatic rings. The minimum absolute atomic E-state index is 0.101. The maximum Gasteiger partial charge on any atom is 0.231 e. The highest BCUT2D eigenvalue weighted by Crippen LogP contribution is 2.29. The number of nitrogens with zero attached hydrogens (tertiary/aromatic N) is 2. The third-order valence-corrected chi connectivity index (χ3v) is 3.32. The second-order valence-corrected chi connectivity index (χ2v) is 4.78. The number of hydrogen-bond acceptors (Lipinski definition) is 6. The van der Waals surface area contributed by atoms with Crippen molar-refractivity contribution in [3.63, 3.8) is 0 Å². The Morgan fingerprint density at radius 2 is 1.86 bits per heavy atom. The van der Waals surface area contributed by atoms with Crippen molar-refractivity contribution in [1.29, 1.82) is 0 Å². The predicted molar refractivity (Wildman–Crippen MR) is 79.5 cm³/mol. The number of hydrogen-bond donors (Lipinski definition) is 1. The van der Waals surface area contributed by atoms with E-state index in [1.54, 1.807) is 20.3 Å². The van der Waals surface area contributed by atoms with E-state index in [-0.39, 0.29) is 5.92 Å². The van der Waals surface area contributed by atoms with Crippen LogP contribution >= 0.6 is 0 Å². The van der Waals surface area contributed by atoms with Gasteiger partial charge >= 0.3 is 0 Å². The summed E-state index contributed by atoms with van der Waals surface area (Å²) in [6, 6.07) is 5.48. The van der Waals surface area contributed by atoms with Gasteiger partial charge in [-0.3, -0.25) is 0 Å². The molecule has 0 aliphatic heterocycles. The fourth-order valence-electron chi connectivity index (χ4n) is 2.15. The summed E-state index contributed by atoms with van der Waals surface area (Å²) >= 11 is 0. The molecule has 1 aromatic heterocycles. The van der Waals surface area contributed by atoms with Crippen molar-refractivity contribution >= 4 is 0 Å². The second kappa shape index (κ2) is 7.08. The summed E-state index contributed by atoms with van der Waals surface area (Å²) in [7, 11) is 3.21. The van der Waals surface area contributed by atoms with Gasteiger partial charge in [-0.15, -0.1) is 0 Å². The van der Waals surface area contributed by atoms with Gasteiger partial charge in [-0.2, -0.15) is 4.98 Å². The van der Waals surface area contributed by atoms with E-state index in [9.17, 15) is 0 Å². The van der Waals surface area contributed by atoms with Crippen molar-refractivity contribution in [2.75, 3.05) is 20.8 Å². The molecular weight excluding hydrogens is 270 g/mol. The van der Waals surface area contributed by atoms with Gasteiger partial charge in [0.25, 0.3) is 0 Å². The Labute approximate surface area is 124 Å². The van der Waals surface area contributed by atoms with Crippen molar-refractivity contribution in [2.45, 2.75) is 25.7 Å². The van der Waals surface area contributed by atoms with E-state index in [0.29, 0.717) is 29.8 Å². The summed E-state index contributed by atoms with van der Waals surface area (Å²) in [5.41, 5.74) is 6.55. The first-order chi connectivity index (χ1) is 10.2. The first-order valence-electron chi connectivity index (χ1n) is 6.98. The zero-order chi connectivity index (χ0) is 15.2. The Bertz CT molecular complexity index is 561. The summed E-state index contributed by atoms with van der Waals surface area (Å²) in [6.07, 6.45) is 1.95. The lowest BCUT2D eigenvalue weighted by Crippen LogP contribution is -2.12. The number of methoxy groups -OCH3 is 2. The van der Waals surface area contributed by atoms with Crippen LogP contribution in [0.5, 0.6) is 11.5 Å². The largest absolute Gasteiger partial charge is 0.497 e. The molecule has 2 N–H and O–H groups in total. The summed E-state index contributed by atoms with van der Waals surface area (Å²) in [5.74, 6) is 2.55. The van der Waals surface area contributed by atoms with Crippen LogP contribution in [0.25, 0.3) is 11.4 Å². The molecule has 0 amide bonds. The normalized spacial score (nSPS) is 12.2. The van der Waals surface area contributed by atoms with Crippen LogP contribution in [0, 0.1) is 0 Å². The Morgan fingerprint density at radius 3 is 2.38 bits per heavy atom. The standard InChI is InChI=1S/C15H21N3O3/c1-4-5-10(9-16)15-17-14(18-21-15)11-6-12(19-2)8-13(7-11)20-3/h6-8,10H,4-5,9,16H2,1-3H3. The monoisotopic (exact) mass is 291 g/mol. The van der Waals surface area contributed by atoms with Gasteiger partial charge in [0, 0.05) is 18.2 Å². The van der Waals surface area contributed by atoms with E-state index >= 15 is 0 Å². The zero-order valence-corrected chi connectivity index (χ0v) is 12.6. The van der Waals surface area contributed by atoms with Gasteiger partial charge < -0.3 is 19.7 Å². The lowest BCUT2D eigenvalue weighted by molar-refractivity contribution is 0.347. The molecule has 0 saturated carbocycles. The first kappa shape index (κ1) is 15.3. The molecule has 0 spiro atoms. The van der Waals surface area contributed by atoms with Crippen LogP contribution in [0.2, 0.25) is 0 Å². The Balaban J connectivity index is 2.32. The fraction of sp³-hybridized carbons (Fsp3) is 0.467. The van der Waals surface area contributed by atoms with E-state index in [4.69, 9.17) is 19.7 Å². The Kier molecular flexibility index (Phi) is 5.16. The highest BCUT2D eigenvalue weighted by atomic mass is 16.5. The van der Waals surface area contributed by atoms with Gasteiger partial charge in [0.1, 0.15) is 11.5 Å². The van der Waals surface area contributed by atoms with Crippen LogP contribution in [0.4, 0.5) is 0 Å². The second-order valence-electron chi connectivity index (χ2n) is 4.78. The molecule has 0 fully saturated rings. The third kappa shape index (κ3) is 3.52. The Morgan fingerprint density at radius 1 is 1.19 bits per heavy atom. The van der Waals surface area contributed by atoms with Crippen molar-refractivity contribution in [3.05, 3.63) is 24.1 Å². The quantitative estimate of drug-likeness (QED) is 0.844. The van der Waals surface area contributed by atoms with Gasteiger partial charge in [-0.05, 0) is 18.6 Å². The molecule has 0 aliphatic carbocycles. The van der Waals surface area contributed by atoms with Crippen LogP contribution in [0.1, 0.15) is 31.6 Å². The maximum absolute atomic E-state index is 5.76. The molecule has 1 unspecified atom stereocenters. The van der Waals surface area contributed by atoms with Crippen molar-refractivity contribution < 1.29 is 14.0 Å². The summed E-state index contributed by atoms with van der Waals surface area (Å²) in [5, 5.41) is 4.04. The molecule has 1 aromatic carbocycles. The van der Waals surface area contributed by atoms with Crippen LogP contribution in [0.3, 0.4) is 0 Å². The van der Waals surface area contributed by atoms with Gasteiger partial charge in [-0.1, -0.05) is 18.5 Å². The molecule has 6 heteroatoms. The van der Waals surface area contributed by atoms with Gasteiger partial charge in [0.05, 0.1) is 20.1 Å². The lowest BCUT2D eigenvalue weighted by atomic mass is 10.0. The van der Waals surface area contributed by atoms with E-state index in [1.165, 1.54) is 0 Å². The smallest absolute Gasteiger partial charge is 0.231 e. The average Bonchev–Trinajstić information content (AvgIpc) is 3.01. The molecule has 1 atom stereocenters. The van der Waals surface area contributed by atoms with Gasteiger partial charge in [0.15, 0.2) is 0 Å². The van der Waals surface area contributed by atoms with Crippen molar-refractivity contribution in [3.8, 4) is 22.9 Å². The topological polar surface area (TPSA) is 83.4 Å². The number of ether oxygens (including phenoxy) is 2. The Hall–Kier alpha value is -2.08. The zero-order valence-electron chi connectivity index (χ0n) is 12.6. The molecule has 2 rings (SSSR count). The SMILES string of the molecule is CCCC(CN)c1nc(-c2cc(OC)cc(OC)c2)no1. The lowest BCUT2D eigenvalue weighted by Gasteiger charge is -2.07. The van der Waals surface area contributed by atoms with Crippen LogP contribution < -0.4 is 15.2 Å². The maximum atomic E-state index is 5.76. The summed E-state index contributed by atoms with van der Waals surface area (Å²) < 4.78 is 15.8. The molecule has 1 heterocycles. The predicted octanol–water partition coefficient (Wildman–Crippen LogP) is 2.60. The van der Waals surface area contributed by atoms with Gasteiger partial charge in [0.2, 0.25) is 11.7 Å². The molecule has 0 radical (unpaired) electrons. The fourth-order valence-corrected chi connectivity index (χ4v) is 2.15. The molecular formula is C15H21N3O3. The van der Waals surface area contributed by atoms with Gasteiger partial charge in [-0.25, -0.2) is 0 Å². The summed E-state index contributed by atoms with van der Waals surface area (Å²) in [4.78, 5) is 4.45. The van der Waals surface area contributed by atoms with Crippen LogP contribution in [-0.4, -0.2) is 30.9 Å². The summed E-state index contributed by atoms with van der Waals surface area (Å²) in [6.45, 7) is 2.60. The molecule has 21 heavy (non-hydrogen) atoms. The number of nitrogens with two attached hydrogens (primary N) is 1.